The lowest BCUT2D eigenvalue weighted by atomic mass is 9.94. The number of ether oxygens (including phenoxy) is 2. The van der Waals surface area contributed by atoms with Gasteiger partial charge in [0.15, 0.2) is 0 Å². The average molecular weight is 329 g/mol. The molecule has 124 valence electrons. The van der Waals surface area contributed by atoms with Crippen molar-refractivity contribution in [2.24, 2.45) is 0 Å². The van der Waals surface area contributed by atoms with E-state index >= 15 is 0 Å². The van der Waals surface area contributed by atoms with Crippen molar-refractivity contribution in [3.8, 4) is 11.8 Å². The number of sulfonamides is 1. The van der Waals surface area contributed by atoms with E-state index in [1.165, 1.54) is 13.3 Å². The van der Waals surface area contributed by atoms with E-state index in [1.807, 2.05) is 6.92 Å². The number of aromatic nitrogens is 2. The summed E-state index contributed by atoms with van der Waals surface area (Å²) in [7, 11) is -1.62. The summed E-state index contributed by atoms with van der Waals surface area (Å²) in [5, 5.41) is 0. The molecular formula is C14H23N3O4S. The van der Waals surface area contributed by atoms with Gasteiger partial charge in [0, 0.05) is 6.04 Å². The van der Waals surface area contributed by atoms with Gasteiger partial charge in [-0.15, -0.1) is 0 Å². The van der Waals surface area contributed by atoms with Crippen LogP contribution in [0.4, 0.5) is 0 Å². The highest BCUT2D eigenvalue weighted by molar-refractivity contribution is 7.89. The van der Waals surface area contributed by atoms with Gasteiger partial charge in [0.2, 0.25) is 21.8 Å². The van der Waals surface area contributed by atoms with E-state index in [2.05, 4.69) is 14.7 Å². The quantitative estimate of drug-likeness (QED) is 0.815. The summed E-state index contributed by atoms with van der Waals surface area (Å²) in [5.41, 5.74) is 0. The maximum absolute atomic E-state index is 11.8. The van der Waals surface area contributed by atoms with Gasteiger partial charge in [-0.25, -0.2) is 13.1 Å². The molecule has 8 heteroatoms. The molecule has 0 aliphatic heterocycles. The van der Waals surface area contributed by atoms with Crippen LogP contribution in [-0.2, 0) is 10.0 Å². The summed E-state index contributed by atoms with van der Waals surface area (Å²) in [6, 6.07) is 0.00722. The van der Waals surface area contributed by atoms with Crippen LogP contribution >= 0.6 is 0 Å². The number of nitrogens with one attached hydrogen (secondary N) is 1. The Hall–Kier alpha value is -1.41. The second-order valence-electron chi connectivity index (χ2n) is 5.43. The van der Waals surface area contributed by atoms with Crippen LogP contribution in [0.2, 0.25) is 0 Å². The first kappa shape index (κ1) is 17.0. The average Bonchev–Trinajstić information content (AvgIpc) is 2.49. The zero-order valence-electron chi connectivity index (χ0n) is 13.0. The minimum absolute atomic E-state index is 0.00722. The molecule has 0 unspecified atom stereocenters. The minimum atomic E-state index is -3.15. The van der Waals surface area contributed by atoms with E-state index in [0.717, 1.165) is 25.7 Å². The third kappa shape index (κ3) is 5.10. The van der Waals surface area contributed by atoms with Crippen molar-refractivity contribution >= 4 is 10.0 Å². The van der Waals surface area contributed by atoms with E-state index in [9.17, 15) is 8.42 Å². The summed E-state index contributed by atoms with van der Waals surface area (Å²) in [6.45, 7) is 1.86. The molecule has 0 atom stereocenters. The van der Waals surface area contributed by atoms with Gasteiger partial charge >= 0.3 is 0 Å². The Morgan fingerprint density at radius 3 is 2.55 bits per heavy atom. The Bertz CT molecular complexity index is 571. The van der Waals surface area contributed by atoms with Crippen molar-refractivity contribution in [2.75, 3.05) is 12.9 Å². The van der Waals surface area contributed by atoms with Gasteiger partial charge < -0.3 is 9.47 Å². The lowest BCUT2D eigenvalue weighted by Crippen LogP contribution is -2.40. The van der Waals surface area contributed by atoms with Crippen LogP contribution in [-0.4, -0.2) is 43.4 Å². The highest BCUT2D eigenvalue weighted by Gasteiger charge is 2.25. The second-order valence-corrected chi connectivity index (χ2v) is 7.30. The van der Waals surface area contributed by atoms with Gasteiger partial charge in [0.1, 0.15) is 6.10 Å². The predicted octanol–water partition coefficient (Wildman–Crippen LogP) is 1.50. The molecule has 0 spiro atoms. The summed E-state index contributed by atoms with van der Waals surface area (Å²) >= 11 is 0. The van der Waals surface area contributed by atoms with E-state index in [4.69, 9.17) is 9.47 Å². The number of methoxy groups -OCH3 is 1. The third-order valence-electron chi connectivity index (χ3n) is 3.58. The van der Waals surface area contributed by atoms with Crippen LogP contribution in [0.5, 0.6) is 11.8 Å². The summed E-state index contributed by atoms with van der Waals surface area (Å²) in [4.78, 5) is 8.17. The van der Waals surface area contributed by atoms with E-state index in [1.54, 1.807) is 6.20 Å². The standard InChI is InChI=1S/C14H23N3O4S/c1-3-8-22(18,19)17-11-4-6-12(7-5-11)21-14-10-15-9-13(16-14)20-2/h9-12,17H,3-8H2,1-2H3. The third-order valence-corrected chi connectivity index (χ3v) is 5.22. The Morgan fingerprint density at radius 2 is 1.91 bits per heavy atom. The van der Waals surface area contributed by atoms with Crippen molar-refractivity contribution in [2.45, 2.75) is 51.2 Å². The molecule has 22 heavy (non-hydrogen) atoms. The highest BCUT2D eigenvalue weighted by atomic mass is 32.2. The van der Waals surface area contributed by atoms with Crippen LogP contribution < -0.4 is 14.2 Å². The van der Waals surface area contributed by atoms with Crippen molar-refractivity contribution in [1.29, 1.82) is 0 Å². The molecule has 1 aliphatic carbocycles. The smallest absolute Gasteiger partial charge is 0.235 e. The SMILES string of the molecule is CCCS(=O)(=O)NC1CCC(Oc2cncc(OC)n2)CC1. The fraction of sp³-hybridized carbons (Fsp3) is 0.714. The van der Waals surface area contributed by atoms with Crippen LogP contribution in [0, 0.1) is 0 Å². The largest absolute Gasteiger partial charge is 0.480 e. The van der Waals surface area contributed by atoms with Gasteiger partial charge in [0.05, 0.1) is 25.3 Å². The molecule has 1 aliphatic rings. The lowest BCUT2D eigenvalue weighted by Gasteiger charge is -2.28. The molecule has 2 rings (SSSR count). The van der Waals surface area contributed by atoms with Crippen molar-refractivity contribution in [3.63, 3.8) is 0 Å². The monoisotopic (exact) mass is 329 g/mol. The van der Waals surface area contributed by atoms with Gasteiger partial charge in [-0.3, -0.25) is 4.98 Å². The Morgan fingerprint density at radius 1 is 1.23 bits per heavy atom. The molecule has 0 bridgehead atoms. The fourth-order valence-corrected chi connectivity index (χ4v) is 3.94. The van der Waals surface area contributed by atoms with Crippen LogP contribution in [0.15, 0.2) is 12.4 Å². The number of hydrogen-bond donors (Lipinski definition) is 1. The van der Waals surface area contributed by atoms with Crippen molar-refractivity contribution in [3.05, 3.63) is 12.4 Å². The molecule has 1 aromatic rings. The van der Waals surface area contributed by atoms with E-state index in [-0.39, 0.29) is 17.9 Å². The minimum Gasteiger partial charge on any atom is -0.480 e. The van der Waals surface area contributed by atoms with Gasteiger partial charge in [-0.1, -0.05) is 6.92 Å². The van der Waals surface area contributed by atoms with Crippen molar-refractivity contribution in [1.82, 2.24) is 14.7 Å². The molecule has 1 heterocycles. The van der Waals surface area contributed by atoms with Gasteiger partial charge in [0.25, 0.3) is 0 Å². The second kappa shape index (κ2) is 7.73. The van der Waals surface area contributed by atoms with Crippen LogP contribution in [0.3, 0.4) is 0 Å². The number of hydrogen-bond acceptors (Lipinski definition) is 6. The number of rotatable bonds is 7. The van der Waals surface area contributed by atoms with Crippen LogP contribution in [0.1, 0.15) is 39.0 Å². The van der Waals surface area contributed by atoms with Gasteiger partial charge in [-0.2, -0.15) is 4.98 Å². The molecule has 1 fully saturated rings. The van der Waals surface area contributed by atoms with E-state index < -0.39 is 10.0 Å². The molecule has 1 N–H and O–H groups in total. The molecule has 0 aromatic carbocycles. The number of nitrogens with zero attached hydrogens (tertiary/aromatic N) is 2. The molecule has 7 nitrogen and oxygen atoms in total. The van der Waals surface area contributed by atoms with E-state index in [0.29, 0.717) is 18.2 Å². The molecule has 1 saturated carbocycles. The normalized spacial score (nSPS) is 22.3. The van der Waals surface area contributed by atoms with Gasteiger partial charge in [-0.05, 0) is 32.1 Å². The zero-order chi connectivity index (χ0) is 16.0. The predicted molar refractivity (Wildman–Crippen MR) is 82.5 cm³/mol. The molecular weight excluding hydrogens is 306 g/mol. The first-order chi connectivity index (χ1) is 10.5. The lowest BCUT2D eigenvalue weighted by molar-refractivity contribution is 0.136. The summed E-state index contributed by atoms with van der Waals surface area (Å²) in [5.74, 6) is 1.04. The maximum Gasteiger partial charge on any atom is 0.235 e. The first-order valence-corrected chi connectivity index (χ1v) is 9.20. The Balaban J connectivity index is 1.82. The Kier molecular flexibility index (Phi) is 5.96. The molecule has 0 amide bonds. The van der Waals surface area contributed by atoms with Crippen LogP contribution in [0.25, 0.3) is 0 Å². The molecule has 1 aromatic heterocycles. The first-order valence-electron chi connectivity index (χ1n) is 7.55. The van der Waals surface area contributed by atoms with Crippen molar-refractivity contribution < 1.29 is 17.9 Å². The zero-order valence-corrected chi connectivity index (χ0v) is 13.8. The highest BCUT2D eigenvalue weighted by Crippen LogP contribution is 2.23. The maximum atomic E-state index is 11.8. The fourth-order valence-electron chi connectivity index (χ4n) is 2.54. The molecule has 0 radical (unpaired) electrons. The summed E-state index contributed by atoms with van der Waals surface area (Å²) in [6.07, 6.45) is 6.85. The summed E-state index contributed by atoms with van der Waals surface area (Å²) < 4.78 is 37.1. The molecule has 0 saturated heterocycles. The Labute approximate surface area is 131 Å². The topological polar surface area (TPSA) is 90.4 Å².